The van der Waals surface area contributed by atoms with E-state index < -0.39 is 0 Å². The highest BCUT2D eigenvalue weighted by molar-refractivity contribution is 5.78. The van der Waals surface area contributed by atoms with Crippen molar-refractivity contribution < 1.29 is 14.3 Å². The van der Waals surface area contributed by atoms with Crippen molar-refractivity contribution in [3.05, 3.63) is 29.3 Å². The van der Waals surface area contributed by atoms with E-state index in [0.29, 0.717) is 32.5 Å². The standard InChI is InChI=1S/C20H31N3O3/c1-15-6-7-18(13-16(15)2)26-12-9-20(25)23-11-4-3-5-17(23)14-22-19(24)8-10-21/h6-7,13,17H,3-5,8-12,14,21H2,1-2H3,(H,22,24). The minimum atomic E-state index is -0.0523. The van der Waals surface area contributed by atoms with Crippen LogP contribution in [0.2, 0.25) is 0 Å². The molecule has 0 bridgehead atoms. The van der Waals surface area contributed by atoms with Gasteiger partial charge in [-0.1, -0.05) is 6.07 Å². The molecule has 0 radical (unpaired) electrons. The van der Waals surface area contributed by atoms with Crippen LogP contribution in [0.5, 0.6) is 5.75 Å². The molecule has 1 aromatic carbocycles. The first-order valence-electron chi connectivity index (χ1n) is 9.47. The molecule has 1 saturated heterocycles. The van der Waals surface area contributed by atoms with E-state index in [1.165, 1.54) is 11.1 Å². The molecule has 1 aliphatic heterocycles. The zero-order chi connectivity index (χ0) is 18.9. The molecule has 3 N–H and O–H groups in total. The first-order valence-corrected chi connectivity index (χ1v) is 9.47. The zero-order valence-electron chi connectivity index (χ0n) is 15.9. The summed E-state index contributed by atoms with van der Waals surface area (Å²) >= 11 is 0. The van der Waals surface area contributed by atoms with Crippen molar-refractivity contribution in [1.29, 1.82) is 0 Å². The Bertz CT molecular complexity index is 618. The van der Waals surface area contributed by atoms with Gasteiger partial charge in [0.05, 0.1) is 13.0 Å². The summed E-state index contributed by atoms with van der Waals surface area (Å²) in [6.45, 7) is 6.07. The second-order valence-corrected chi connectivity index (χ2v) is 6.92. The van der Waals surface area contributed by atoms with Crippen molar-refractivity contribution >= 4 is 11.8 Å². The van der Waals surface area contributed by atoms with E-state index in [-0.39, 0.29) is 17.9 Å². The Hall–Kier alpha value is -2.08. The number of nitrogens with zero attached hydrogens (tertiary/aromatic N) is 1. The maximum atomic E-state index is 12.6. The van der Waals surface area contributed by atoms with Gasteiger partial charge in [0, 0.05) is 32.1 Å². The summed E-state index contributed by atoms with van der Waals surface area (Å²) in [5.41, 5.74) is 7.80. The van der Waals surface area contributed by atoms with Crippen LogP contribution in [0.25, 0.3) is 0 Å². The van der Waals surface area contributed by atoms with E-state index in [4.69, 9.17) is 10.5 Å². The first-order chi connectivity index (χ1) is 12.5. The van der Waals surface area contributed by atoms with Gasteiger partial charge in [-0.25, -0.2) is 0 Å². The molecule has 26 heavy (non-hydrogen) atoms. The highest BCUT2D eigenvalue weighted by Crippen LogP contribution is 2.19. The predicted molar refractivity (Wildman–Crippen MR) is 102 cm³/mol. The van der Waals surface area contributed by atoms with Gasteiger partial charge >= 0.3 is 0 Å². The molecule has 1 unspecified atom stereocenters. The lowest BCUT2D eigenvalue weighted by atomic mass is 10.0. The molecule has 0 saturated carbocycles. The van der Waals surface area contributed by atoms with E-state index >= 15 is 0 Å². The van der Waals surface area contributed by atoms with Crippen LogP contribution in [0.1, 0.15) is 43.2 Å². The number of benzene rings is 1. The Morgan fingerprint density at radius 2 is 2.04 bits per heavy atom. The monoisotopic (exact) mass is 361 g/mol. The molecule has 1 aliphatic rings. The van der Waals surface area contributed by atoms with Crippen molar-refractivity contribution in [3.63, 3.8) is 0 Å². The Morgan fingerprint density at radius 3 is 2.77 bits per heavy atom. The molecular weight excluding hydrogens is 330 g/mol. The van der Waals surface area contributed by atoms with Crippen LogP contribution in [0, 0.1) is 13.8 Å². The number of hydrogen-bond acceptors (Lipinski definition) is 4. The number of aryl methyl sites for hydroxylation is 2. The molecule has 0 aliphatic carbocycles. The average molecular weight is 361 g/mol. The Labute approximate surface area is 156 Å². The molecule has 2 amide bonds. The van der Waals surface area contributed by atoms with E-state index in [2.05, 4.69) is 12.2 Å². The number of carbonyl (C=O) groups excluding carboxylic acids is 2. The van der Waals surface area contributed by atoms with Crippen LogP contribution in [0.4, 0.5) is 0 Å². The normalized spacial score (nSPS) is 17.0. The number of rotatable bonds is 8. The lowest BCUT2D eigenvalue weighted by Gasteiger charge is -2.36. The second-order valence-electron chi connectivity index (χ2n) is 6.92. The van der Waals surface area contributed by atoms with Crippen LogP contribution in [0.15, 0.2) is 18.2 Å². The minimum absolute atomic E-state index is 0.0523. The van der Waals surface area contributed by atoms with Gasteiger partial charge in [-0.15, -0.1) is 0 Å². The molecule has 1 heterocycles. The topological polar surface area (TPSA) is 84.7 Å². The molecule has 2 rings (SSSR count). The number of piperidine rings is 1. The van der Waals surface area contributed by atoms with Gasteiger partial charge in [0.2, 0.25) is 11.8 Å². The van der Waals surface area contributed by atoms with Crippen LogP contribution in [-0.4, -0.2) is 49.0 Å². The second kappa shape index (κ2) is 10.2. The van der Waals surface area contributed by atoms with Gasteiger partial charge in [-0.3, -0.25) is 9.59 Å². The summed E-state index contributed by atoms with van der Waals surface area (Å²) in [5.74, 6) is 0.834. The maximum absolute atomic E-state index is 12.6. The number of nitrogens with two attached hydrogens (primary N) is 1. The van der Waals surface area contributed by atoms with Crippen molar-refractivity contribution in [2.45, 2.75) is 52.0 Å². The Kier molecular flexibility index (Phi) is 7.91. The highest BCUT2D eigenvalue weighted by atomic mass is 16.5. The first kappa shape index (κ1) is 20.2. The summed E-state index contributed by atoms with van der Waals surface area (Å²) < 4.78 is 5.74. The predicted octanol–water partition coefficient (Wildman–Crippen LogP) is 1.92. The SMILES string of the molecule is Cc1ccc(OCCC(=O)N2CCCCC2CNC(=O)CCN)cc1C. The van der Waals surface area contributed by atoms with Gasteiger partial charge in [0.1, 0.15) is 5.75 Å². The third-order valence-corrected chi connectivity index (χ3v) is 4.92. The largest absolute Gasteiger partial charge is 0.493 e. The zero-order valence-corrected chi connectivity index (χ0v) is 15.9. The number of likely N-dealkylation sites (tertiary alicyclic amines) is 1. The molecule has 1 aromatic rings. The van der Waals surface area contributed by atoms with Crippen molar-refractivity contribution in [2.75, 3.05) is 26.2 Å². The summed E-state index contributed by atoms with van der Waals surface area (Å²) in [5, 5.41) is 2.89. The number of hydrogen-bond donors (Lipinski definition) is 2. The fraction of sp³-hybridized carbons (Fsp3) is 0.600. The summed E-state index contributed by atoms with van der Waals surface area (Å²) in [6, 6.07) is 6.02. The summed E-state index contributed by atoms with van der Waals surface area (Å²) in [7, 11) is 0. The van der Waals surface area contributed by atoms with Gasteiger partial charge in [-0.05, 0) is 56.4 Å². The van der Waals surface area contributed by atoms with Crippen molar-refractivity contribution in [2.24, 2.45) is 5.73 Å². The van der Waals surface area contributed by atoms with Gasteiger partial charge in [-0.2, -0.15) is 0 Å². The lowest BCUT2D eigenvalue weighted by Crippen LogP contribution is -2.49. The van der Waals surface area contributed by atoms with Crippen LogP contribution < -0.4 is 15.8 Å². The third-order valence-electron chi connectivity index (χ3n) is 4.92. The fourth-order valence-electron chi connectivity index (χ4n) is 3.20. The summed E-state index contributed by atoms with van der Waals surface area (Å²) in [4.78, 5) is 26.1. The van der Waals surface area contributed by atoms with E-state index in [9.17, 15) is 9.59 Å². The molecule has 1 atom stereocenters. The van der Waals surface area contributed by atoms with Crippen molar-refractivity contribution in [3.8, 4) is 5.75 Å². The molecular formula is C20H31N3O3. The van der Waals surface area contributed by atoms with Crippen LogP contribution >= 0.6 is 0 Å². The van der Waals surface area contributed by atoms with E-state index in [0.717, 1.165) is 31.6 Å². The average Bonchev–Trinajstić information content (AvgIpc) is 2.63. The molecule has 6 nitrogen and oxygen atoms in total. The van der Waals surface area contributed by atoms with Crippen molar-refractivity contribution in [1.82, 2.24) is 10.2 Å². The number of ether oxygens (including phenoxy) is 1. The maximum Gasteiger partial charge on any atom is 0.226 e. The van der Waals surface area contributed by atoms with Gasteiger partial charge in [0.25, 0.3) is 0 Å². The molecule has 6 heteroatoms. The molecule has 144 valence electrons. The Balaban J connectivity index is 1.81. The Morgan fingerprint density at radius 1 is 1.23 bits per heavy atom. The van der Waals surface area contributed by atoms with Crippen LogP contribution in [0.3, 0.4) is 0 Å². The van der Waals surface area contributed by atoms with E-state index in [1.54, 1.807) is 0 Å². The molecule has 1 fully saturated rings. The fourth-order valence-corrected chi connectivity index (χ4v) is 3.20. The summed E-state index contributed by atoms with van der Waals surface area (Å²) in [6.07, 6.45) is 3.69. The number of nitrogens with one attached hydrogen (secondary N) is 1. The minimum Gasteiger partial charge on any atom is -0.493 e. The van der Waals surface area contributed by atoms with E-state index in [1.807, 2.05) is 30.0 Å². The lowest BCUT2D eigenvalue weighted by molar-refractivity contribution is -0.136. The van der Waals surface area contributed by atoms with Gasteiger partial charge < -0.3 is 20.7 Å². The number of carbonyl (C=O) groups is 2. The molecule has 0 spiro atoms. The highest BCUT2D eigenvalue weighted by Gasteiger charge is 2.26. The van der Waals surface area contributed by atoms with Gasteiger partial charge in [0.15, 0.2) is 0 Å². The van der Waals surface area contributed by atoms with Crippen LogP contribution in [-0.2, 0) is 9.59 Å². The smallest absolute Gasteiger partial charge is 0.226 e. The molecule has 0 aromatic heterocycles. The quantitative estimate of drug-likeness (QED) is 0.741. The number of amides is 2. The third kappa shape index (κ3) is 6.02.